The van der Waals surface area contributed by atoms with Crippen molar-refractivity contribution >= 4 is 90.0 Å². The number of hydrogen-bond acceptors (Lipinski definition) is 14. The number of unbranched alkanes of at least 4 members (excludes halogenated alkanes) is 1. The SMILES string of the molecule is C.C.CCCC[Si](C)(C)O[Si](C)(C)O[Si](C)(C)CCCNC(=O)c1cc(C(=O)c2ccc(C(=O)O)c(C(=O)NC)c2)ccc1C(=O)O.CNC(=O)c1cc(C(=O)c2ccc(C(=O)O)c(C(=O)Nc3ccc(Oc4ccc(C(C)(C)c5ccc(Oc6ccc(C)cc6)cc5)cc4)cc3)c2)ccc1C(=O)O. The van der Waals surface area contributed by atoms with Gasteiger partial charge in [0.1, 0.15) is 23.0 Å². The standard InChI is InChI=1S/C46H38N2O9.C31H46N2O9Si3.2CH4/c1-27-5-15-33(16-6-27)56-34-17-9-30(10-18-34)46(2,3)31-11-19-35(20-12-31)57-36-21-13-32(14-22-36)48-43(51)40-26-29(8-24-38(40)45(54)55)41(49)28-7-23-37(44(52)53)39(25-28)42(50)47-4;1-9-10-17-43(3,4)41-45(7,8)42-44(5,6)18-11-16-33-29(36)26-20-22(13-15-24(26)31(39)40)27(34)21-12-14-23(30(37)38)25(19-21)28(35)32-2;;/h5-26H,1-4H3,(H,47,50)(H,48,51)(H,52,53)(H,54,55);12-15,19-20H,9-11,16-18H2,1-8H3,(H,32,35)(H,33,36)(H,37,38)(H,39,40);2*1H4. The fourth-order valence-corrected chi connectivity index (χ4v) is 25.7. The monoisotopic (exact) mass is 1470 g/mol. The Hall–Kier alpha value is -11.0. The van der Waals surface area contributed by atoms with Crippen LogP contribution in [0.25, 0.3) is 0 Å². The molecule has 0 heterocycles. The van der Waals surface area contributed by atoms with Gasteiger partial charge in [0.2, 0.25) is 0 Å². The van der Waals surface area contributed by atoms with E-state index in [1.54, 1.807) is 24.3 Å². The summed E-state index contributed by atoms with van der Waals surface area (Å²) in [7, 11) is -3.66. The van der Waals surface area contributed by atoms with Crippen LogP contribution in [0.5, 0.6) is 23.0 Å². The van der Waals surface area contributed by atoms with Crippen molar-refractivity contribution in [1.82, 2.24) is 16.0 Å². The summed E-state index contributed by atoms with van der Waals surface area (Å²) in [5, 5.41) is 48.5. The summed E-state index contributed by atoms with van der Waals surface area (Å²) in [5.41, 5.74) is 1.25. The minimum Gasteiger partial charge on any atom is -0.478 e. The average molecular weight is 1470 g/mol. The highest BCUT2D eigenvalue weighted by molar-refractivity contribution is 6.87. The Labute approximate surface area is 609 Å². The van der Waals surface area contributed by atoms with Crippen LogP contribution in [0, 0.1) is 6.92 Å². The summed E-state index contributed by atoms with van der Waals surface area (Å²) in [6, 6.07) is 46.3. The van der Waals surface area contributed by atoms with Crippen molar-refractivity contribution in [2.45, 2.75) is 119 Å². The number of amides is 4. The lowest BCUT2D eigenvalue weighted by molar-refractivity contribution is 0.0682. The number of carboxylic acid groups (broad SMARTS) is 4. The van der Waals surface area contributed by atoms with Crippen molar-refractivity contribution in [1.29, 1.82) is 0 Å². The first-order valence-electron chi connectivity index (χ1n) is 32.8. The summed E-state index contributed by atoms with van der Waals surface area (Å²) in [4.78, 5) is 125. The molecule has 0 aromatic heterocycles. The molecule has 0 fully saturated rings. The van der Waals surface area contributed by atoms with Gasteiger partial charge in [-0.25, -0.2) is 19.2 Å². The molecule has 0 radical (unpaired) electrons. The number of benzene rings is 8. The lowest BCUT2D eigenvalue weighted by atomic mass is 9.78. The molecular formula is C79H92N4O18Si3. The van der Waals surface area contributed by atoms with Gasteiger partial charge in [-0.3, -0.25) is 28.8 Å². The van der Waals surface area contributed by atoms with Gasteiger partial charge < -0.3 is 59.4 Å². The van der Waals surface area contributed by atoms with E-state index in [2.05, 4.69) is 93.5 Å². The zero-order chi connectivity index (χ0) is 75.0. The number of carbonyl (C=O) groups excluding carboxylic acids is 6. The molecule has 0 aliphatic carbocycles. The van der Waals surface area contributed by atoms with Crippen molar-refractivity contribution in [3.05, 3.63) is 253 Å². The topological polar surface area (TPSA) is 337 Å². The molecule has 0 aliphatic rings. The minimum atomic E-state index is -2.36. The number of aryl methyl sites for hydroxylation is 1. The fourth-order valence-electron chi connectivity index (χ4n) is 11.4. The number of rotatable bonds is 30. The zero-order valence-corrected chi connectivity index (χ0v) is 61.9. The van der Waals surface area contributed by atoms with Gasteiger partial charge in [0, 0.05) is 54.0 Å². The van der Waals surface area contributed by atoms with Crippen molar-refractivity contribution in [2.24, 2.45) is 0 Å². The van der Waals surface area contributed by atoms with Crippen LogP contribution in [0.4, 0.5) is 5.69 Å². The lowest BCUT2D eigenvalue weighted by Gasteiger charge is -2.38. The van der Waals surface area contributed by atoms with Gasteiger partial charge in [-0.2, -0.15) is 0 Å². The third kappa shape index (κ3) is 22.3. The number of aromatic carboxylic acids is 4. The quantitative estimate of drug-likeness (QED) is 0.0118. The minimum absolute atomic E-state index is 0. The van der Waals surface area contributed by atoms with Gasteiger partial charge in [-0.05, 0) is 185 Å². The Balaban J connectivity index is 0.000000378. The number of nitrogens with one attached hydrogen (secondary N) is 4. The van der Waals surface area contributed by atoms with Crippen LogP contribution < -0.4 is 30.7 Å². The first kappa shape index (κ1) is 83.7. The second-order valence-electron chi connectivity index (χ2n) is 26.3. The highest BCUT2D eigenvalue weighted by Crippen LogP contribution is 2.36. The maximum absolute atomic E-state index is 13.4. The van der Waals surface area contributed by atoms with Crippen LogP contribution in [0.3, 0.4) is 0 Å². The molecule has 0 atom stereocenters. The van der Waals surface area contributed by atoms with Gasteiger partial charge in [-0.1, -0.05) is 115 Å². The van der Waals surface area contributed by atoms with Crippen LogP contribution in [0.2, 0.25) is 51.4 Å². The summed E-state index contributed by atoms with van der Waals surface area (Å²) < 4.78 is 25.3. The van der Waals surface area contributed by atoms with Crippen molar-refractivity contribution in [3.8, 4) is 23.0 Å². The normalized spacial score (nSPS) is 11.2. The summed E-state index contributed by atoms with van der Waals surface area (Å²) >= 11 is 0. The van der Waals surface area contributed by atoms with Crippen molar-refractivity contribution in [3.63, 3.8) is 0 Å². The predicted octanol–water partition coefficient (Wildman–Crippen LogP) is 16.2. The van der Waals surface area contributed by atoms with E-state index in [9.17, 15) is 68.4 Å². The van der Waals surface area contributed by atoms with Crippen LogP contribution >= 0.6 is 0 Å². The Morgan fingerprint density at radius 1 is 0.404 bits per heavy atom. The number of ether oxygens (including phenoxy) is 2. The first-order valence-corrected chi connectivity index (χ1v) is 41.9. The third-order valence-corrected chi connectivity index (χ3v) is 28.1. The molecule has 0 unspecified atom stereocenters. The Morgan fingerprint density at radius 3 is 1.04 bits per heavy atom. The number of anilines is 1. The van der Waals surface area contributed by atoms with Crippen molar-refractivity contribution in [2.75, 3.05) is 26.0 Å². The third-order valence-electron chi connectivity index (χ3n) is 16.7. The molecule has 22 nitrogen and oxygen atoms in total. The Morgan fingerprint density at radius 2 is 0.712 bits per heavy atom. The summed E-state index contributed by atoms with van der Waals surface area (Å²) in [5.74, 6) is -6.85. The van der Waals surface area contributed by atoms with E-state index in [1.165, 1.54) is 56.1 Å². The van der Waals surface area contributed by atoms with E-state index >= 15 is 0 Å². The molecule has 8 rings (SSSR count). The second-order valence-corrected chi connectivity index (χ2v) is 38.8. The molecule has 0 saturated carbocycles. The molecule has 0 saturated heterocycles. The molecule has 8 aromatic carbocycles. The smallest absolute Gasteiger partial charge is 0.336 e. The lowest BCUT2D eigenvalue weighted by Crippen LogP contribution is -2.52. The predicted molar refractivity (Wildman–Crippen MR) is 408 cm³/mol. The molecule has 0 bridgehead atoms. The number of hydrogen-bond donors (Lipinski definition) is 8. The molecular weight excluding hydrogens is 1380 g/mol. The van der Waals surface area contributed by atoms with E-state index in [4.69, 9.17) is 17.7 Å². The van der Waals surface area contributed by atoms with Gasteiger partial charge >= 0.3 is 32.4 Å². The van der Waals surface area contributed by atoms with Gasteiger partial charge in [0.25, 0.3) is 23.6 Å². The van der Waals surface area contributed by atoms with Crippen LogP contribution in [0.1, 0.15) is 186 Å². The van der Waals surface area contributed by atoms with E-state index in [-0.39, 0.29) is 93.6 Å². The number of carboxylic acids is 4. The molecule has 0 spiro atoms. The molecule has 4 amide bonds. The second kappa shape index (κ2) is 36.3. The van der Waals surface area contributed by atoms with E-state index in [0.717, 1.165) is 84.0 Å². The van der Waals surface area contributed by atoms with E-state index < -0.39 is 84.3 Å². The molecule has 104 heavy (non-hydrogen) atoms. The Kier molecular flexibility index (Phi) is 29.2. The molecule has 8 N–H and O–H groups in total. The number of carbonyl (C=O) groups is 10. The van der Waals surface area contributed by atoms with Gasteiger partial charge in [0.15, 0.2) is 28.2 Å². The van der Waals surface area contributed by atoms with Gasteiger partial charge in [0.05, 0.1) is 44.5 Å². The van der Waals surface area contributed by atoms with Crippen molar-refractivity contribution < 1.29 is 86.1 Å². The summed E-state index contributed by atoms with van der Waals surface area (Å²) in [6.07, 6.45) is 2.89. The zero-order valence-electron chi connectivity index (χ0n) is 58.9. The van der Waals surface area contributed by atoms with Crippen LogP contribution in [0.15, 0.2) is 170 Å². The molecule has 0 aliphatic heterocycles. The number of ketones is 2. The summed E-state index contributed by atoms with van der Waals surface area (Å²) in [6.45, 7) is 21.7. The highest BCUT2D eigenvalue weighted by Gasteiger charge is 2.39. The molecule has 8 aromatic rings. The van der Waals surface area contributed by atoms with E-state index in [1.807, 2.05) is 67.6 Å². The van der Waals surface area contributed by atoms with Crippen LogP contribution in [-0.4, -0.2) is 125 Å². The maximum Gasteiger partial charge on any atom is 0.336 e. The highest BCUT2D eigenvalue weighted by atomic mass is 28.5. The maximum atomic E-state index is 13.4. The van der Waals surface area contributed by atoms with Gasteiger partial charge in [-0.15, -0.1) is 0 Å². The van der Waals surface area contributed by atoms with Crippen LogP contribution in [-0.2, 0) is 13.6 Å². The largest absolute Gasteiger partial charge is 0.478 e. The fraction of sp³-hybridized carbons (Fsp3) is 0.266. The average Bonchev–Trinajstić information content (AvgIpc) is 0.813. The molecule has 548 valence electrons. The van der Waals surface area contributed by atoms with E-state index in [0.29, 0.717) is 23.6 Å². The molecule has 25 heteroatoms. The first-order chi connectivity index (χ1) is 48.1. The Bertz CT molecular complexity index is 4480.